The zero-order valence-electron chi connectivity index (χ0n) is 10.5. The second-order valence-electron chi connectivity index (χ2n) is 4.02. The van der Waals surface area contributed by atoms with Crippen LogP contribution in [0, 0.1) is 0 Å². The van der Waals surface area contributed by atoms with E-state index in [1.54, 1.807) is 0 Å². The molecule has 0 heterocycles. The van der Waals surface area contributed by atoms with Crippen LogP contribution in [0.3, 0.4) is 0 Å². The predicted octanol–water partition coefficient (Wildman–Crippen LogP) is 2.48. The molecule has 1 rings (SSSR count). The van der Waals surface area contributed by atoms with Gasteiger partial charge in [-0.05, 0) is 31.6 Å². The molecule has 1 aromatic carbocycles. The van der Waals surface area contributed by atoms with Crippen molar-refractivity contribution in [2.75, 3.05) is 18.8 Å². The maximum atomic E-state index is 12.7. The van der Waals surface area contributed by atoms with Gasteiger partial charge in [-0.1, -0.05) is 19.1 Å². The minimum atomic E-state index is -4.66. The van der Waals surface area contributed by atoms with Crippen LogP contribution in [0.2, 0.25) is 0 Å². The highest BCUT2D eigenvalue weighted by Gasteiger charge is 2.36. The molecule has 1 N–H and O–H groups in total. The summed E-state index contributed by atoms with van der Waals surface area (Å²) in [4.78, 5) is -0.640. The third-order valence-corrected chi connectivity index (χ3v) is 4.40. The summed E-state index contributed by atoms with van der Waals surface area (Å²) in [6, 6.07) is 4.27. The van der Waals surface area contributed by atoms with Gasteiger partial charge in [0.05, 0.1) is 16.2 Å². The zero-order valence-corrected chi connectivity index (χ0v) is 11.3. The van der Waals surface area contributed by atoms with E-state index in [4.69, 9.17) is 0 Å². The summed E-state index contributed by atoms with van der Waals surface area (Å²) in [5.41, 5.74) is -1.10. The standard InChI is InChI=1S/C12H16F3NO2S/c1-2-16-8-5-9-19(17,18)11-7-4-3-6-10(11)12(13,14)15/h3-4,6-7,16H,2,5,8-9H2,1H3. The number of rotatable bonds is 6. The van der Waals surface area contributed by atoms with Gasteiger partial charge in [0.2, 0.25) is 0 Å². The Hall–Kier alpha value is -1.08. The summed E-state index contributed by atoms with van der Waals surface area (Å²) in [6.45, 7) is 3.02. The van der Waals surface area contributed by atoms with Crippen LogP contribution in [0.4, 0.5) is 13.2 Å². The van der Waals surface area contributed by atoms with Crippen molar-refractivity contribution in [2.24, 2.45) is 0 Å². The van der Waals surface area contributed by atoms with Crippen molar-refractivity contribution in [3.05, 3.63) is 29.8 Å². The summed E-state index contributed by atoms with van der Waals surface area (Å²) >= 11 is 0. The van der Waals surface area contributed by atoms with Gasteiger partial charge in [-0.15, -0.1) is 0 Å². The van der Waals surface area contributed by atoms with Crippen molar-refractivity contribution in [2.45, 2.75) is 24.4 Å². The molecular formula is C12H16F3NO2S. The number of benzene rings is 1. The molecule has 0 bridgehead atoms. The summed E-state index contributed by atoms with van der Waals surface area (Å²) in [6.07, 6.45) is -4.38. The number of nitrogens with one attached hydrogen (secondary N) is 1. The first kappa shape index (κ1) is 16.0. The summed E-state index contributed by atoms with van der Waals surface area (Å²) in [5, 5.41) is 2.93. The highest BCUT2D eigenvalue weighted by molar-refractivity contribution is 7.91. The molecule has 7 heteroatoms. The molecule has 0 unspecified atom stereocenters. The average Bonchev–Trinajstić information content (AvgIpc) is 2.34. The van der Waals surface area contributed by atoms with Crippen molar-refractivity contribution in [3.8, 4) is 0 Å². The first-order chi connectivity index (χ1) is 8.79. The highest BCUT2D eigenvalue weighted by Crippen LogP contribution is 2.34. The van der Waals surface area contributed by atoms with E-state index in [-0.39, 0.29) is 12.2 Å². The molecule has 108 valence electrons. The Labute approximate surface area is 110 Å². The predicted molar refractivity (Wildman–Crippen MR) is 66.7 cm³/mol. The van der Waals surface area contributed by atoms with E-state index in [0.717, 1.165) is 12.1 Å². The fourth-order valence-corrected chi connectivity index (χ4v) is 3.19. The Morgan fingerprint density at radius 2 is 1.84 bits per heavy atom. The molecule has 0 saturated carbocycles. The Morgan fingerprint density at radius 1 is 1.21 bits per heavy atom. The molecule has 1 aromatic rings. The SMILES string of the molecule is CCNCCCS(=O)(=O)c1ccccc1C(F)(F)F. The molecule has 3 nitrogen and oxygen atoms in total. The first-order valence-corrected chi connectivity index (χ1v) is 7.54. The smallest absolute Gasteiger partial charge is 0.317 e. The molecule has 0 spiro atoms. The van der Waals surface area contributed by atoms with Crippen LogP contribution in [0.1, 0.15) is 18.9 Å². The maximum Gasteiger partial charge on any atom is 0.417 e. The van der Waals surface area contributed by atoms with Crippen LogP contribution in [0.15, 0.2) is 29.2 Å². The summed E-state index contributed by atoms with van der Waals surface area (Å²) in [7, 11) is -3.91. The van der Waals surface area contributed by atoms with E-state index in [1.165, 1.54) is 12.1 Å². The number of hydrogen-bond donors (Lipinski definition) is 1. The maximum absolute atomic E-state index is 12.7. The number of alkyl halides is 3. The van der Waals surface area contributed by atoms with Crippen LogP contribution in [-0.4, -0.2) is 27.3 Å². The van der Waals surface area contributed by atoms with Crippen molar-refractivity contribution in [3.63, 3.8) is 0 Å². The molecule has 0 amide bonds. The largest absolute Gasteiger partial charge is 0.417 e. The fourth-order valence-electron chi connectivity index (χ4n) is 1.65. The fraction of sp³-hybridized carbons (Fsp3) is 0.500. The van der Waals surface area contributed by atoms with Crippen molar-refractivity contribution >= 4 is 9.84 Å². The molecule has 0 saturated heterocycles. The van der Waals surface area contributed by atoms with Crippen LogP contribution < -0.4 is 5.32 Å². The summed E-state index contributed by atoms with van der Waals surface area (Å²) in [5.74, 6) is -0.299. The van der Waals surface area contributed by atoms with E-state index >= 15 is 0 Å². The molecule has 0 aliphatic rings. The Bertz CT molecular complexity index is 512. The van der Waals surface area contributed by atoms with Gasteiger partial charge in [0.15, 0.2) is 9.84 Å². The minimum absolute atomic E-state index is 0.280. The Balaban J connectivity index is 2.96. The molecule has 19 heavy (non-hydrogen) atoms. The lowest BCUT2D eigenvalue weighted by Gasteiger charge is -2.13. The first-order valence-electron chi connectivity index (χ1n) is 5.88. The van der Waals surface area contributed by atoms with Gasteiger partial charge in [-0.25, -0.2) is 8.42 Å². The number of hydrogen-bond acceptors (Lipinski definition) is 3. The minimum Gasteiger partial charge on any atom is -0.317 e. The topological polar surface area (TPSA) is 46.2 Å². The van der Waals surface area contributed by atoms with Gasteiger partial charge in [0.25, 0.3) is 0 Å². The van der Waals surface area contributed by atoms with Crippen molar-refractivity contribution < 1.29 is 21.6 Å². The Morgan fingerprint density at radius 3 is 2.42 bits per heavy atom. The van der Waals surface area contributed by atoms with Crippen LogP contribution in [-0.2, 0) is 16.0 Å². The zero-order chi connectivity index (χ0) is 14.5. The van der Waals surface area contributed by atoms with Gasteiger partial charge < -0.3 is 5.32 Å². The van der Waals surface area contributed by atoms with Gasteiger partial charge in [-0.3, -0.25) is 0 Å². The third kappa shape index (κ3) is 4.50. The Kier molecular flexibility index (Phi) is 5.37. The lowest BCUT2D eigenvalue weighted by Crippen LogP contribution is -2.20. The van der Waals surface area contributed by atoms with Gasteiger partial charge in [0.1, 0.15) is 0 Å². The van der Waals surface area contributed by atoms with E-state index < -0.39 is 26.5 Å². The van der Waals surface area contributed by atoms with Gasteiger partial charge in [-0.2, -0.15) is 13.2 Å². The molecule has 0 atom stereocenters. The van der Waals surface area contributed by atoms with E-state index in [9.17, 15) is 21.6 Å². The van der Waals surface area contributed by atoms with E-state index in [2.05, 4.69) is 5.32 Å². The van der Waals surface area contributed by atoms with Crippen molar-refractivity contribution in [1.82, 2.24) is 5.32 Å². The lowest BCUT2D eigenvalue weighted by molar-refractivity contribution is -0.139. The van der Waals surface area contributed by atoms with Crippen LogP contribution in [0.5, 0.6) is 0 Å². The normalized spacial score (nSPS) is 12.6. The lowest BCUT2D eigenvalue weighted by atomic mass is 10.2. The van der Waals surface area contributed by atoms with Gasteiger partial charge in [0, 0.05) is 0 Å². The highest BCUT2D eigenvalue weighted by atomic mass is 32.2. The van der Waals surface area contributed by atoms with E-state index in [1.807, 2.05) is 6.92 Å². The molecule has 0 aromatic heterocycles. The third-order valence-electron chi connectivity index (χ3n) is 2.54. The molecular weight excluding hydrogens is 279 g/mol. The van der Waals surface area contributed by atoms with E-state index in [0.29, 0.717) is 13.1 Å². The molecule has 0 aliphatic heterocycles. The summed E-state index contributed by atoms with van der Waals surface area (Å²) < 4.78 is 62.1. The average molecular weight is 295 g/mol. The molecule has 0 aliphatic carbocycles. The second kappa shape index (κ2) is 6.38. The van der Waals surface area contributed by atoms with Crippen molar-refractivity contribution in [1.29, 1.82) is 0 Å². The quantitative estimate of drug-likeness (QED) is 0.820. The molecule has 0 fully saturated rings. The van der Waals surface area contributed by atoms with Crippen LogP contribution >= 0.6 is 0 Å². The van der Waals surface area contributed by atoms with Crippen LogP contribution in [0.25, 0.3) is 0 Å². The monoisotopic (exact) mass is 295 g/mol. The van der Waals surface area contributed by atoms with Gasteiger partial charge >= 0.3 is 6.18 Å². The molecule has 0 radical (unpaired) electrons. The number of sulfone groups is 1. The number of halogens is 3. The second-order valence-corrected chi connectivity index (χ2v) is 6.10.